The molecule has 0 radical (unpaired) electrons. The standard InChI is InChI=1S/C28H20N3O2.Pt/c1-17-14-15-29-28(18(17)2)31-23-8-4-3-7-21(23)22-12-11-20(16-24(22)31)33-26-13-10-19-6-5-9-25(32)27(19)30-26;/h3-15,32H,1-2H3;/q-1;. The van der Waals surface area contributed by atoms with Gasteiger partial charge in [-0.1, -0.05) is 35.8 Å². The topological polar surface area (TPSA) is 60.2 Å². The van der Waals surface area contributed by atoms with Crippen molar-refractivity contribution in [3.05, 3.63) is 96.2 Å². The summed E-state index contributed by atoms with van der Waals surface area (Å²) >= 11 is 0. The Bertz CT molecular complexity index is 1690. The summed E-state index contributed by atoms with van der Waals surface area (Å²) in [5.41, 5.74) is 4.75. The summed E-state index contributed by atoms with van der Waals surface area (Å²) < 4.78 is 8.22. The quantitative estimate of drug-likeness (QED) is 0.224. The summed E-state index contributed by atoms with van der Waals surface area (Å²) in [6.07, 6.45) is 1.84. The summed E-state index contributed by atoms with van der Waals surface area (Å²) in [6, 6.07) is 26.7. The molecule has 0 saturated heterocycles. The fraction of sp³-hybridized carbons (Fsp3) is 0.0714. The van der Waals surface area contributed by atoms with Crippen molar-refractivity contribution >= 4 is 32.7 Å². The van der Waals surface area contributed by atoms with E-state index in [0.717, 1.165) is 38.6 Å². The number of pyridine rings is 2. The molecule has 0 atom stereocenters. The van der Waals surface area contributed by atoms with E-state index >= 15 is 0 Å². The Morgan fingerprint density at radius 2 is 1.74 bits per heavy atom. The second kappa shape index (κ2) is 8.58. The second-order valence-corrected chi connectivity index (χ2v) is 8.11. The first-order chi connectivity index (χ1) is 16.1. The predicted molar refractivity (Wildman–Crippen MR) is 130 cm³/mol. The molecule has 3 aromatic heterocycles. The van der Waals surface area contributed by atoms with Crippen LogP contribution in [0.15, 0.2) is 79.0 Å². The van der Waals surface area contributed by atoms with Crippen LogP contribution in [0.25, 0.3) is 38.5 Å². The van der Waals surface area contributed by atoms with Crippen molar-refractivity contribution in [3.63, 3.8) is 0 Å². The molecule has 6 heteroatoms. The number of hydrogen-bond donors (Lipinski definition) is 1. The molecule has 1 N–H and O–H groups in total. The Morgan fingerprint density at radius 3 is 2.62 bits per heavy atom. The third kappa shape index (κ3) is 3.53. The van der Waals surface area contributed by atoms with Gasteiger partial charge < -0.3 is 14.4 Å². The van der Waals surface area contributed by atoms with E-state index in [0.29, 0.717) is 17.1 Å². The molecule has 0 aliphatic heterocycles. The Hall–Kier alpha value is -3.69. The number of aromatic hydroxyl groups is 1. The third-order valence-corrected chi connectivity index (χ3v) is 6.10. The number of fused-ring (bicyclic) bond motifs is 4. The van der Waals surface area contributed by atoms with Crippen molar-refractivity contribution in [2.24, 2.45) is 0 Å². The average Bonchev–Trinajstić information content (AvgIpc) is 3.15. The van der Waals surface area contributed by atoms with E-state index in [2.05, 4.69) is 41.6 Å². The van der Waals surface area contributed by atoms with Crippen LogP contribution in [-0.2, 0) is 21.1 Å². The molecule has 0 fully saturated rings. The van der Waals surface area contributed by atoms with Crippen LogP contribution in [0.2, 0.25) is 0 Å². The van der Waals surface area contributed by atoms with Gasteiger partial charge in [0.15, 0.2) is 0 Å². The summed E-state index contributed by atoms with van der Waals surface area (Å²) in [5, 5.41) is 13.2. The molecular formula is C28H20N3O2Pt-. The number of phenolic OH excluding ortho intramolecular Hbond substituents is 1. The molecule has 0 bridgehead atoms. The minimum absolute atomic E-state index is 0. The van der Waals surface area contributed by atoms with Gasteiger partial charge in [-0.15, -0.1) is 17.5 Å². The van der Waals surface area contributed by atoms with Crippen molar-refractivity contribution in [1.82, 2.24) is 14.5 Å². The number of aryl methyl sites for hydroxylation is 1. The van der Waals surface area contributed by atoms with Crippen LogP contribution in [0.3, 0.4) is 0 Å². The van der Waals surface area contributed by atoms with Crippen LogP contribution in [0.5, 0.6) is 17.4 Å². The zero-order chi connectivity index (χ0) is 22.5. The van der Waals surface area contributed by atoms with Crippen molar-refractivity contribution in [3.8, 4) is 23.2 Å². The molecular weight excluding hydrogens is 605 g/mol. The number of phenols is 1. The van der Waals surface area contributed by atoms with E-state index in [1.807, 2.05) is 48.7 Å². The zero-order valence-electron chi connectivity index (χ0n) is 18.5. The van der Waals surface area contributed by atoms with Gasteiger partial charge in [0.1, 0.15) is 17.1 Å². The Labute approximate surface area is 210 Å². The van der Waals surface area contributed by atoms with E-state index in [4.69, 9.17) is 9.72 Å². The monoisotopic (exact) mass is 625 g/mol. The first kappa shape index (κ1) is 22.1. The first-order valence-corrected chi connectivity index (χ1v) is 10.7. The van der Waals surface area contributed by atoms with Crippen LogP contribution in [0, 0.1) is 19.9 Å². The Balaban J connectivity index is 0.00000241. The molecule has 0 aliphatic rings. The van der Waals surface area contributed by atoms with Crippen LogP contribution >= 0.6 is 0 Å². The maximum Gasteiger partial charge on any atom is 0.217 e. The van der Waals surface area contributed by atoms with Gasteiger partial charge in [-0.3, -0.25) is 0 Å². The molecule has 0 saturated carbocycles. The Kier molecular flexibility index (Phi) is 5.58. The SMILES string of the molecule is Cc1ccnc(-n2c3[c-]c(Oc4ccc5cccc(O)c5n4)ccc3c3ccccc32)c1C.[Pt]. The predicted octanol–water partition coefficient (Wildman–Crippen LogP) is 6.64. The molecule has 3 aromatic carbocycles. The van der Waals surface area contributed by atoms with Gasteiger partial charge in [0.25, 0.3) is 0 Å². The summed E-state index contributed by atoms with van der Waals surface area (Å²) in [4.78, 5) is 9.19. The number of rotatable bonds is 3. The fourth-order valence-corrected chi connectivity index (χ4v) is 4.28. The molecule has 0 unspecified atom stereocenters. The van der Waals surface area contributed by atoms with Gasteiger partial charge in [0, 0.05) is 50.0 Å². The third-order valence-electron chi connectivity index (χ3n) is 6.10. The van der Waals surface area contributed by atoms with Crippen molar-refractivity contribution in [2.75, 3.05) is 0 Å². The van der Waals surface area contributed by atoms with Gasteiger partial charge >= 0.3 is 0 Å². The molecule has 5 nitrogen and oxygen atoms in total. The van der Waals surface area contributed by atoms with E-state index in [9.17, 15) is 5.11 Å². The van der Waals surface area contributed by atoms with Gasteiger partial charge in [-0.25, -0.2) is 9.97 Å². The van der Waals surface area contributed by atoms with Crippen molar-refractivity contribution < 1.29 is 30.9 Å². The second-order valence-electron chi connectivity index (χ2n) is 8.11. The summed E-state index contributed by atoms with van der Waals surface area (Å²) in [5.74, 6) is 1.94. The van der Waals surface area contributed by atoms with Crippen molar-refractivity contribution in [2.45, 2.75) is 13.8 Å². The number of para-hydroxylation sites is 2. The normalized spacial score (nSPS) is 11.1. The Morgan fingerprint density at radius 1 is 0.882 bits per heavy atom. The van der Waals surface area contributed by atoms with E-state index < -0.39 is 0 Å². The molecule has 6 rings (SSSR count). The molecule has 0 spiro atoms. The maximum absolute atomic E-state index is 10.2. The largest absolute Gasteiger partial charge is 0.506 e. The maximum atomic E-state index is 10.2. The number of aromatic nitrogens is 3. The van der Waals surface area contributed by atoms with Crippen LogP contribution in [0.4, 0.5) is 0 Å². The first-order valence-electron chi connectivity index (χ1n) is 10.7. The van der Waals surface area contributed by atoms with Crippen LogP contribution in [-0.4, -0.2) is 19.6 Å². The molecule has 34 heavy (non-hydrogen) atoms. The molecule has 3 heterocycles. The van der Waals surface area contributed by atoms with Gasteiger partial charge in [0.2, 0.25) is 5.88 Å². The molecule has 0 amide bonds. The van der Waals surface area contributed by atoms with Gasteiger partial charge in [0.05, 0.1) is 0 Å². The summed E-state index contributed by atoms with van der Waals surface area (Å²) in [6.45, 7) is 4.18. The number of hydrogen-bond acceptors (Lipinski definition) is 4. The van der Waals surface area contributed by atoms with Crippen LogP contribution in [0.1, 0.15) is 11.1 Å². The van der Waals surface area contributed by atoms with Gasteiger partial charge in [-0.05, 0) is 54.6 Å². The summed E-state index contributed by atoms with van der Waals surface area (Å²) in [7, 11) is 0. The van der Waals surface area contributed by atoms with Gasteiger partial charge in [-0.2, -0.15) is 6.07 Å². The zero-order valence-corrected chi connectivity index (χ0v) is 20.8. The number of benzene rings is 3. The molecule has 170 valence electrons. The molecule has 0 aliphatic carbocycles. The minimum atomic E-state index is 0. The number of nitrogens with zero attached hydrogens (tertiary/aromatic N) is 3. The molecule has 6 aromatic rings. The average molecular weight is 626 g/mol. The van der Waals surface area contributed by atoms with E-state index in [-0.39, 0.29) is 26.8 Å². The number of ether oxygens (including phenoxy) is 1. The smallest absolute Gasteiger partial charge is 0.217 e. The van der Waals surface area contributed by atoms with Crippen LogP contribution < -0.4 is 4.74 Å². The van der Waals surface area contributed by atoms with Crippen molar-refractivity contribution in [1.29, 1.82) is 0 Å². The van der Waals surface area contributed by atoms with E-state index in [1.54, 1.807) is 18.2 Å². The fourth-order valence-electron chi connectivity index (χ4n) is 4.28. The van der Waals surface area contributed by atoms with E-state index in [1.165, 1.54) is 5.56 Å². The minimum Gasteiger partial charge on any atom is -0.506 e.